The van der Waals surface area contributed by atoms with Gasteiger partial charge in [-0.25, -0.2) is 4.98 Å². The maximum absolute atomic E-state index is 12.8. The standard InChI is InChI=1S/C26H31N3O3S/c1-18-7-5-9-22(13-18)29-12-11-28(15-19(29)2)25(30)17-33-16-24-20(3)32-26(27-24)21-8-6-10-23(14-21)31-4/h5-10,13-14,19H,11-12,15-17H2,1-4H3. The van der Waals surface area contributed by atoms with E-state index in [1.165, 1.54) is 11.3 Å². The lowest BCUT2D eigenvalue weighted by Gasteiger charge is -2.41. The number of benzene rings is 2. The number of amides is 1. The number of hydrogen-bond acceptors (Lipinski definition) is 6. The lowest BCUT2D eigenvalue weighted by Crippen LogP contribution is -2.54. The first-order chi connectivity index (χ1) is 15.9. The zero-order valence-electron chi connectivity index (χ0n) is 19.7. The van der Waals surface area contributed by atoms with Gasteiger partial charge in [0.15, 0.2) is 0 Å². The predicted octanol–water partition coefficient (Wildman–Crippen LogP) is 4.94. The van der Waals surface area contributed by atoms with E-state index in [9.17, 15) is 4.79 Å². The van der Waals surface area contributed by atoms with E-state index in [-0.39, 0.29) is 11.9 Å². The molecule has 1 atom stereocenters. The van der Waals surface area contributed by atoms with Gasteiger partial charge >= 0.3 is 0 Å². The smallest absolute Gasteiger partial charge is 0.232 e. The average Bonchev–Trinajstić information content (AvgIpc) is 3.19. The molecule has 0 radical (unpaired) electrons. The summed E-state index contributed by atoms with van der Waals surface area (Å²) in [5.74, 6) is 3.40. The van der Waals surface area contributed by atoms with Gasteiger partial charge in [-0.15, -0.1) is 11.8 Å². The van der Waals surface area contributed by atoms with Crippen molar-refractivity contribution in [3.05, 3.63) is 65.5 Å². The third kappa shape index (κ3) is 5.53. The first-order valence-electron chi connectivity index (χ1n) is 11.2. The number of aryl methyl sites for hydroxylation is 2. The summed E-state index contributed by atoms with van der Waals surface area (Å²) in [5.41, 5.74) is 4.25. The van der Waals surface area contributed by atoms with Crippen LogP contribution in [0, 0.1) is 13.8 Å². The topological polar surface area (TPSA) is 58.8 Å². The molecule has 0 saturated carbocycles. The molecule has 174 valence electrons. The minimum atomic E-state index is 0.185. The summed E-state index contributed by atoms with van der Waals surface area (Å²) < 4.78 is 11.2. The Bertz CT molecular complexity index is 1110. The molecule has 1 aliphatic rings. The normalized spacial score (nSPS) is 16.2. The van der Waals surface area contributed by atoms with Gasteiger partial charge in [0.2, 0.25) is 11.8 Å². The average molecular weight is 466 g/mol. The minimum absolute atomic E-state index is 0.185. The molecule has 3 aromatic rings. The number of oxazole rings is 1. The molecule has 1 amide bonds. The maximum atomic E-state index is 12.8. The van der Waals surface area contributed by atoms with Crippen molar-refractivity contribution < 1.29 is 13.9 Å². The van der Waals surface area contributed by atoms with Crippen LogP contribution < -0.4 is 9.64 Å². The largest absolute Gasteiger partial charge is 0.497 e. The number of carbonyl (C=O) groups excluding carboxylic acids is 1. The van der Waals surface area contributed by atoms with Gasteiger partial charge in [-0.2, -0.15) is 0 Å². The highest BCUT2D eigenvalue weighted by Gasteiger charge is 2.27. The van der Waals surface area contributed by atoms with Crippen LogP contribution in [0.15, 0.2) is 52.9 Å². The minimum Gasteiger partial charge on any atom is -0.497 e. The molecule has 2 heterocycles. The third-order valence-corrected chi connectivity index (χ3v) is 6.92. The van der Waals surface area contributed by atoms with Crippen molar-refractivity contribution in [1.29, 1.82) is 0 Å². The molecular weight excluding hydrogens is 434 g/mol. The number of ether oxygens (including phenoxy) is 1. The number of methoxy groups -OCH3 is 1. The summed E-state index contributed by atoms with van der Waals surface area (Å²) in [6, 6.07) is 16.5. The van der Waals surface area contributed by atoms with Crippen molar-refractivity contribution >= 4 is 23.4 Å². The van der Waals surface area contributed by atoms with E-state index >= 15 is 0 Å². The van der Waals surface area contributed by atoms with Crippen molar-refractivity contribution in [3.63, 3.8) is 0 Å². The van der Waals surface area contributed by atoms with Gasteiger partial charge in [-0.1, -0.05) is 18.2 Å². The molecule has 0 aliphatic carbocycles. The Hall–Kier alpha value is -2.93. The molecule has 4 rings (SSSR count). The number of hydrogen-bond donors (Lipinski definition) is 0. The van der Waals surface area contributed by atoms with E-state index < -0.39 is 0 Å². The fourth-order valence-electron chi connectivity index (χ4n) is 4.14. The number of carbonyl (C=O) groups is 1. The molecule has 1 aromatic heterocycles. The molecule has 2 aromatic carbocycles. The van der Waals surface area contributed by atoms with Crippen LogP contribution in [0.1, 0.15) is 23.9 Å². The molecule has 0 N–H and O–H groups in total. The van der Waals surface area contributed by atoms with Crippen LogP contribution in [0.25, 0.3) is 11.5 Å². The molecule has 1 unspecified atom stereocenters. The van der Waals surface area contributed by atoms with E-state index in [0.29, 0.717) is 17.4 Å². The lowest BCUT2D eigenvalue weighted by molar-refractivity contribution is -0.129. The molecule has 1 aliphatic heterocycles. The van der Waals surface area contributed by atoms with E-state index in [1.54, 1.807) is 18.9 Å². The highest BCUT2D eigenvalue weighted by atomic mass is 32.2. The van der Waals surface area contributed by atoms with Crippen LogP contribution in [0.2, 0.25) is 0 Å². The Balaban J connectivity index is 1.30. The number of rotatable bonds is 7. The monoisotopic (exact) mass is 465 g/mol. The van der Waals surface area contributed by atoms with Crippen molar-refractivity contribution in [2.24, 2.45) is 0 Å². The van der Waals surface area contributed by atoms with E-state index in [4.69, 9.17) is 9.15 Å². The molecule has 0 bridgehead atoms. The summed E-state index contributed by atoms with van der Waals surface area (Å²) in [7, 11) is 1.64. The van der Waals surface area contributed by atoms with Crippen LogP contribution >= 0.6 is 11.8 Å². The summed E-state index contributed by atoms with van der Waals surface area (Å²) in [6.45, 7) is 8.57. The van der Waals surface area contributed by atoms with Crippen LogP contribution in [-0.4, -0.2) is 54.3 Å². The quantitative estimate of drug-likeness (QED) is 0.493. The van der Waals surface area contributed by atoms with Gasteiger partial charge in [0, 0.05) is 42.7 Å². The second kappa shape index (κ2) is 10.3. The fourth-order valence-corrected chi connectivity index (χ4v) is 5.06. The van der Waals surface area contributed by atoms with Gasteiger partial charge in [-0.05, 0) is 56.7 Å². The van der Waals surface area contributed by atoms with Crippen molar-refractivity contribution in [2.45, 2.75) is 32.6 Å². The molecule has 7 heteroatoms. The number of aromatic nitrogens is 1. The summed E-state index contributed by atoms with van der Waals surface area (Å²) in [4.78, 5) is 21.9. The number of nitrogens with zero attached hydrogens (tertiary/aromatic N) is 3. The third-order valence-electron chi connectivity index (χ3n) is 5.99. The highest BCUT2D eigenvalue weighted by molar-refractivity contribution is 7.99. The predicted molar refractivity (Wildman–Crippen MR) is 134 cm³/mol. The number of thioether (sulfide) groups is 1. The number of piperazine rings is 1. The number of anilines is 1. The summed E-state index contributed by atoms with van der Waals surface area (Å²) in [6.07, 6.45) is 0. The Morgan fingerprint density at radius 1 is 1.18 bits per heavy atom. The van der Waals surface area contributed by atoms with Gasteiger partial charge in [0.05, 0.1) is 18.6 Å². The Morgan fingerprint density at radius 2 is 2.00 bits per heavy atom. The lowest BCUT2D eigenvalue weighted by atomic mass is 10.1. The molecule has 1 fully saturated rings. The van der Waals surface area contributed by atoms with Gasteiger partial charge in [-0.3, -0.25) is 4.79 Å². The molecule has 1 saturated heterocycles. The Morgan fingerprint density at radius 3 is 2.76 bits per heavy atom. The van der Waals surface area contributed by atoms with Crippen molar-refractivity contribution in [1.82, 2.24) is 9.88 Å². The van der Waals surface area contributed by atoms with E-state index in [1.807, 2.05) is 36.1 Å². The Kier molecular flexibility index (Phi) is 7.28. The second-order valence-electron chi connectivity index (χ2n) is 8.47. The maximum Gasteiger partial charge on any atom is 0.232 e. The SMILES string of the molecule is COc1cccc(-c2nc(CSCC(=O)N3CCN(c4cccc(C)c4)C(C)C3)c(C)o2)c1. The van der Waals surface area contributed by atoms with Gasteiger partial charge < -0.3 is 19.0 Å². The summed E-state index contributed by atoms with van der Waals surface area (Å²) >= 11 is 1.59. The van der Waals surface area contributed by atoms with Crippen molar-refractivity contribution in [2.75, 3.05) is 37.4 Å². The molecule has 6 nitrogen and oxygen atoms in total. The van der Waals surface area contributed by atoms with E-state index in [0.717, 1.165) is 42.4 Å². The van der Waals surface area contributed by atoms with Gasteiger partial charge in [0.25, 0.3) is 0 Å². The second-order valence-corrected chi connectivity index (χ2v) is 9.45. The first kappa shape index (κ1) is 23.2. The fraction of sp³-hybridized carbons (Fsp3) is 0.385. The van der Waals surface area contributed by atoms with Crippen LogP contribution in [0.3, 0.4) is 0 Å². The summed E-state index contributed by atoms with van der Waals surface area (Å²) in [5, 5.41) is 0. The zero-order chi connectivity index (χ0) is 23.4. The van der Waals surface area contributed by atoms with Crippen LogP contribution in [0.4, 0.5) is 5.69 Å². The van der Waals surface area contributed by atoms with Gasteiger partial charge in [0.1, 0.15) is 11.5 Å². The first-order valence-corrected chi connectivity index (χ1v) is 12.4. The molecule has 0 spiro atoms. The molecule has 33 heavy (non-hydrogen) atoms. The van der Waals surface area contributed by atoms with Crippen LogP contribution in [0.5, 0.6) is 5.75 Å². The zero-order valence-corrected chi connectivity index (χ0v) is 20.5. The Labute approximate surface area is 199 Å². The van der Waals surface area contributed by atoms with Crippen molar-refractivity contribution in [3.8, 4) is 17.2 Å². The molecular formula is C26H31N3O3S. The highest BCUT2D eigenvalue weighted by Crippen LogP contribution is 2.27. The van der Waals surface area contributed by atoms with Crippen LogP contribution in [-0.2, 0) is 10.5 Å². The van der Waals surface area contributed by atoms with E-state index in [2.05, 4.69) is 48.0 Å².